The molecule has 92 valence electrons. The molecule has 2 aromatic rings. The molecule has 0 atom stereocenters. The van der Waals surface area contributed by atoms with Crippen LogP contribution in [0.3, 0.4) is 0 Å². The van der Waals surface area contributed by atoms with Crippen LogP contribution in [0.1, 0.15) is 10.5 Å². The van der Waals surface area contributed by atoms with Crippen molar-refractivity contribution < 1.29 is 15.4 Å². The minimum Gasteiger partial charge on any atom is -0.476 e. The summed E-state index contributed by atoms with van der Waals surface area (Å²) in [6.45, 7) is 0.198. The van der Waals surface area contributed by atoms with Gasteiger partial charge in [-0.05, 0) is 0 Å². The van der Waals surface area contributed by atoms with Crippen molar-refractivity contribution in [2.45, 2.75) is 6.54 Å². The van der Waals surface area contributed by atoms with Crippen molar-refractivity contribution >= 4 is 23.2 Å². The highest BCUT2D eigenvalue weighted by Gasteiger charge is 2.16. The van der Waals surface area contributed by atoms with Crippen LogP contribution in [0.25, 0.3) is 5.65 Å². The fourth-order valence-corrected chi connectivity index (χ4v) is 1.37. The van der Waals surface area contributed by atoms with Gasteiger partial charge in [-0.25, -0.2) is 19.0 Å². The lowest BCUT2D eigenvalue weighted by Gasteiger charge is -1.99. The summed E-state index contributed by atoms with van der Waals surface area (Å²) in [7, 11) is 0. The molecule has 0 spiro atoms. The van der Waals surface area contributed by atoms with Gasteiger partial charge in [0.2, 0.25) is 0 Å². The van der Waals surface area contributed by atoms with E-state index in [2.05, 4.69) is 15.3 Å². The van der Waals surface area contributed by atoms with Gasteiger partial charge in [0.25, 0.3) is 0 Å². The molecule has 3 N–H and O–H groups in total. The molecular weight excluding hydrogens is 254 g/mol. The molecule has 0 aliphatic carbocycles. The second kappa shape index (κ2) is 4.89. The molecule has 9 nitrogen and oxygen atoms in total. The first-order valence-corrected chi connectivity index (χ1v) is 4.78. The van der Waals surface area contributed by atoms with E-state index in [4.69, 9.17) is 16.7 Å². The van der Waals surface area contributed by atoms with Crippen LogP contribution in [0.2, 0.25) is 0 Å². The molecule has 2 aromatic heterocycles. The van der Waals surface area contributed by atoms with Crippen molar-refractivity contribution in [3.8, 4) is 0 Å². The maximum Gasteiger partial charge on any atom is 0.358 e. The summed E-state index contributed by atoms with van der Waals surface area (Å²) >= 11 is 5.47. The molecule has 0 radical (unpaired) electrons. The van der Waals surface area contributed by atoms with E-state index in [1.807, 2.05) is 0 Å². The highest BCUT2D eigenvalue weighted by molar-refractivity contribution is 6.17. The van der Waals surface area contributed by atoms with E-state index in [0.717, 1.165) is 15.4 Å². The first kappa shape index (κ1) is 13.1. The minimum atomic E-state index is -1.26. The third-order valence-electron chi connectivity index (χ3n) is 1.92. The summed E-state index contributed by atoms with van der Waals surface area (Å²) in [5.74, 6) is -1.05. The number of aryl methyl sites for hydroxylation is 1. The highest BCUT2D eigenvalue weighted by atomic mass is 35.5. The van der Waals surface area contributed by atoms with Gasteiger partial charge in [-0.15, -0.1) is 16.7 Å². The van der Waals surface area contributed by atoms with Crippen molar-refractivity contribution in [1.29, 1.82) is 0 Å². The van der Waals surface area contributed by atoms with Crippen molar-refractivity contribution in [3.63, 3.8) is 0 Å². The van der Waals surface area contributed by atoms with Crippen LogP contribution in [0.4, 0.5) is 0 Å². The maximum absolute atomic E-state index is 11.7. The fraction of sp³-hybridized carbons (Fsp3) is 0.286. The van der Waals surface area contributed by atoms with Crippen molar-refractivity contribution in [2.75, 3.05) is 5.88 Å². The van der Waals surface area contributed by atoms with Crippen LogP contribution in [-0.2, 0) is 6.54 Å². The predicted molar refractivity (Wildman–Crippen MR) is 56.3 cm³/mol. The first-order valence-electron chi connectivity index (χ1n) is 4.25. The second-order valence-electron chi connectivity index (χ2n) is 2.88. The van der Waals surface area contributed by atoms with Crippen LogP contribution >= 0.6 is 11.6 Å². The summed E-state index contributed by atoms with van der Waals surface area (Å²) in [6, 6.07) is 0. The molecule has 0 saturated carbocycles. The number of aromatic nitrogens is 5. The Morgan fingerprint density at radius 2 is 2.24 bits per heavy atom. The van der Waals surface area contributed by atoms with Gasteiger partial charge in [0, 0.05) is 5.88 Å². The van der Waals surface area contributed by atoms with E-state index < -0.39 is 11.7 Å². The minimum absolute atomic E-state index is 0. The summed E-state index contributed by atoms with van der Waals surface area (Å²) in [6.07, 6.45) is 1.10. The van der Waals surface area contributed by atoms with E-state index in [-0.39, 0.29) is 29.2 Å². The fourth-order valence-electron chi connectivity index (χ4n) is 1.21. The summed E-state index contributed by atoms with van der Waals surface area (Å²) in [5, 5.41) is 15.9. The third kappa shape index (κ3) is 2.10. The monoisotopic (exact) mass is 261 g/mol. The van der Waals surface area contributed by atoms with Gasteiger partial charge >= 0.3 is 11.7 Å². The van der Waals surface area contributed by atoms with Gasteiger partial charge < -0.3 is 10.6 Å². The average Bonchev–Trinajstić information content (AvgIpc) is 2.67. The Balaban J connectivity index is 0.00000144. The second-order valence-corrected chi connectivity index (χ2v) is 3.25. The maximum atomic E-state index is 11.7. The smallest absolute Gasteiger partial charge is 0.358 e. The lowest BCUT2D eigenvalue weighted by molar-refractivity contribution is 0.0693. The van der Waals surface area contributed by atoms with Crippen molar-refractivity contribution in [1.82, 2.24) is 24.4 Å². The molecule has 17 heavy (non-hydrogen) atoms. The Morgan fingerprint density at radius 1 is 1.53 bits per heavy atom. The number of halogens is 1. The lowest BCUT2D eigenvalue weighted by Crippen LogP contribution is -2.30. The van der Waals surface area contributed by atoms with Crippen LogP contribution in [0.5, 0.6) is 0 Å². The number of hydrogen-bond acceptors (Lipinski definition) is 5. The molecule has 0 aromatic carbocycles. The standard InChI is InChI=1S/C7H6ClN5O3.H2O/c8-1-2-13-7(16)12-3-9-4(6(14)15)5(12)10-11-13;/h3H,1-2H2,(H,14,15);1H2. The Labute approximate surface area is 98.6 Å². The first-order chi connectivity index (χ1) is 7.65. The molecule has 0 aliphatic heterocycles. The van der Waals surface area contributed by atoms with E-state index in [1.165, 1.54) is 0 Å². The number of imidazole rings is 1. The average molecular weight is 262 g/mol. The zero-order valence-electron chi connectivity index (χ0n) is 8.37. The Hall–Kier alpha value is -2.00. The van der Waals surface area contributed by atoms with Gasteiger partial charge in [0.15, 0.2) is 11.3 Å². The normalized spacial score (nSPS) is 10.2. The summed E-state index contributed by atoms with van der Waals surface area (Å²) in [4.78, 5) is 26.0. The molecule has 0 saturated heterocycles. The van der Waals surface area contributed by atoms with Crippen molar-refractivity contribution in [3.05, 3.63) is 22.5 Å². The number of alkyl halides is 1. The predicted octanol–water partition coefficient (Wildman–Crippen LogP) is -1.60. The van der Waals surface area contributed by atoms with Gasteiger partial charge in [-0.2, -0.15) is 4.68 Å². The Morgan fingerprint density at radius 3 is 2.82 bits per heavy atom. The molecular formula is C7H8ClN5O4. The molecule has 0 bridgehead atoms. The Bertz CT molecular complexity index is 606. The number of carboxylic acid groups (broad SMARTS) is 1. The van der Waals surface area contributed by atoms with E-state index in [1.54, 1.807) is 0 Å². The number of carbonyl (C=O) groups is 1. The van der Waals surface area contributed by atoms with Crippen LogP contribution in [0, 0.1) is 0 Å². The SMILES string of the molecule is O.O=C(O)c1ncn2c(=O)n(CCCl)nnc12. The Kier molecular flexibility index (Phi) is 3.76. The van der Waals surface area contributed by atoms with Gasteiger partial charge in [-0.1, -0.05) is 5.21 Å². The van der Waals surface area contributed by atoms with Gasteiger partial charge in [-0.3, -0.25) is 0 Å². The number of aromatic carboxylic acids is 1. The van der Waals surface area contributed by atoms with Gasteiger partial charge in [0.05, 0.1) is 6.54 Å². The number of fused-ring (bicyclic) bond motifs is 1. The molecule has 10 heteroatoms. The number of hydrogen-bond donors (Lipinski definition) is 1. The van der Waals surface area contributed by atoms with Gasteiger partial charge in [0.1, 0.15) is 6.33 Å². The highest BCUT2D eigenvalue weighted by Crippen LogP contribution is 2.01. The largest absolute Gasteiger partial charge is 0.476 e. The van der Waals surface area contributed by atoms with Crippen molar-refractivity contribution in [2.24, 2.45) is 0 Å². The lowest BCUT2D eigenvalue weighted by atomic mass is 10.5. The van der Waals surface area contributed by atoms with Crippen LogP contribution in [-0.4, -0.2) is 46.8 Å². The number of carboxylic acids is 1. The van der Waals surface area contributed by atoms with E-state index in [0.29, 0.717) is 0 Å². The summed E-state index contributed by atoms with van der Waals surface area (Å²) < 4.78 is 2.05. The molecule has 0 amide bonds. The zero-order chi connectivity index (χ0) is 11.7. The number of rotatable bonds is 3. The molecule has 2 rings (SSSR count). The molecule has 0 unspecified atom stereocenters. The topological polar surface area (TPSA) is 134 Å². The van der Waals surface area contributed by atoms with E-state index in [9.17, 15) is 9.59 Å². The van der Waals surface area contributed by atoms with Crippen LogP contribution < -0.4 is 5.69 Å². The third-order valence-corrected chi connectivity index (χ3v) is 2.08. The molecule has 2 heterocycles. The quantitative estimate of drug-likeness (QED) is 0.661. The van der Waals surface area contributed by atoms with Crippen LogP contribution in [0.15, 0.2) is 11.1 Å². The molecule has 0 fully saturated rings. The van der Waals surface area contributed by atoms with E-state index >= 15 is 0 Å². The summed E-state index contributed by atoms with van der Waals surface area (Å²) in [5.41, 5.74) is -0.906. The molecule has 0 aliphatic rings. The zero-order valence-corrected chi connectivity index (χ0v) is 9.13. The number of nitrogens with zero attached hydrogens (tertiary/aromatic N) is 5.